The van der Waals surface area contributed by atoms with Gasteiger partial charge in [-0.1, -0.05) is 6.58 Å². The van der Waals surface area contributed by atoms with Gasteiger partial charge in [-0.3, -0.25) is 4.98 Å². The molecule has 0 saturated heterocycles. The maximum Gasteiger partial charge on any atom is 0.188 e. The summed E-state index contributed by atoms with van der Waals surface area (Å²) in [6.45, 7) is 5.80. The molecule has 0 aliphatic heterocycles. The molecule has 3 nitrogen and oxygen atoms in total. The highest BCUT2D eigenvalue weighted by Gasteiger charge is 2.11. The minimum Gasteiger partial charge on any atom is -0.364 e. The van der Waals surface area contributed by atoms with Crippen LogP contribution in [0.2, 0.25) is 0 Å². The number of nitrogens with zero attached hydrogens (tertiary/aromatic N) is 1. The largest absolute Gasteiger partial charge is 0.364 e. The molecule has 0 spiro atoms. The molecule has 0 fully saturated rings. The summed E-state index contributed by atoms with van der Waals surface area (Å²) in [4.78, 5) is 4.68. The van der Waals surface area contributed by atoms with E-state index in [1.807, 2.05) is 13.0 Å². The van der Waals surface area contributed by atoms with Gasteiger partial charge in [0.05, 0.1) is 15.1 Å². The molecule has 0 amide bonds. The van der Waals surface area contributed by atoms with E-state index in [-0.39, 0.29) is 0 Å². The molecule has 0 aliphatic rings. The monoisotopic (exact) mass is 221 g/mol. The zero-order valence-electron chi connectivity index (χ0n) is 8.27. The highest BCUT2D eigenvalue weighted by Crippen LogP contribution is 2.32. The summed E-state index contributed by atoms with van der Waals surface area (Å²) in [5.74, 6) is 0. The summed E-state index contributed by atoms with van der Waals surface area (Å²) in [5, 5.41) is 18.1. The van der Waals surface area contributed by atoms with Crippen LogP contribution in [-0.2, 0) is 0 Å². The van der Waals surface area contributed by atoms with Crippen molar-refractivity contribution in [1.29, 1.82) is 0 Å². The van der Waals surface area contributed by atoms with Crippen molar-refractivity contribution in [3.05, 3.63) is 35.3 Å². The molecule has 0 radical (unpaired) electrons. The Morgan fingerprint density at radius 2 is 2.27 bits per heavy atom. The number of thiophene rings is 1. The van der Waals surface area contributed by atoms with Gasteiger partial charge in [-0.05, 0) is 30.2 Å². The van der Waals surface area contributed by atoms with Gasteiger partial charge in [0.15, 0.2) is 6.29 Å². The van der Waals surface area contributed by atoms with Gasteiger partial charge in [0.1, 0.15) is 0 Å². The van der Waals surface area contributed by atoms with Gasteiger partial charge >= 0.3 is 0 Å². The fourth-order valence-corrected chi connectivity index (χ4v) is 2.50. The highest BCUT2D eigenvalue weighted by atomic mass is 32.1. The van der Waals surface area contributed by atoms with E-state index in [1.54, 1.807) is 12.3 Å². The zero-order chi connectivity index (χ0) is 11.0. The highest BCUT2D eigenvalue weighted by molar-refractivity contribution is 7.19. The first-order valence-corrected chi connectivity index (χ1v) is 5.31. The zero-order valence-corrected chi connectivity index (χ0v) is 9.08. The minimum atomic E-state index is -1.43. The molecule has 0 saturated carbocycles. The second-order valence-electron chi connectivity index (χ2n) is 3.38. The van der Waals surface area contributed by atoms with E-state index in [1.165, 1.54) is 11.3 Å². The molecule has 2 aromatic heterocycles. The van der Waals surface area contributed by atoms with Gasteiger partial charge in [-0.25, -0.2) is 0 Å². The molecule has 2 N–H and O–H groups in total. The number of aliphatic hydroxyl groups excluding tert-OH is 1. The topological polar surface area (TPSA) is 53.4 Å². The number of fused-ring (bicyclic) bond motifs is 1. The molecule has 0 aromatic carbocycles. The molecule has 0 atom stereocenters. The Labute approximate surface area is 91.3 Å². The van der Waals surface area contributed by atoms with E-state index in [0.29, 0.717) is 4.88 Å². The molecule has 2 rings (SSSR count). The Morgan fingerprint density at radius 1 is 1.53 bits per heavy atom. The lowest BCUT2D eigenvalue weighted by molar-refractivity contribution is -0.0394. The van der Waals surface area contributed by atoms with Crippen LogP contribution in [0.15, 0.2) is 24.9 Å². The van der Waals surface area contributed by atoms with Crippen molar-refractivity contribution in [3.63, 3.8) is 0 Å². The third-order valence-electron chi connectivity index (χ3n) is 2.15. The normalized spacial score (nSPS) is 11.2. The van der Waals surface area contributed by atoms with E-state index in [4.69, 9.17) is 10.2 Å². The quantitative estimate of drug-likeness (QED) is 0.765. The maximum atomic E-state index is 9.07. The molecule has 2 aromatic rings. The number of aromatic nitrogens is 1. The molecule has 0 aliphatic carbocycles. The third-order valence-corrected chi connectivity index (χ3v) is 3.34. The Morgan fingerprint density at radius 3 is 2.87 bits per heavy atom. The van der Waals surface area contributed by atoms with Crippen LogP contribution in [0.25, 0.3) is 15.8 Å². The van der Waals surface area contributed by atoms with Crippen molar-refractivity contribution in [2.45, 2.75) is 13.2 Å². The van der Waals surface area contributed by atoms with E-state index in [2.05, 4.69) is 11.6 Å². The van der Waals surface area contributed by atoms with Crippen LogP contribution in [0.1, 0.15) is 23.7 Å². The summed E-state index contributed by atoms with van der Waals surface area (Å²) in [7, 11) is 0. The van der Waals surface area contributed by atoms with Crippen LogP contribution in [-0.4, -0.2) is 15.2 Å². The van der Waals surface area contributed by atoms with Crippen LogP contribution in [0.5, 0.6) is 0 Å². The molecular weight excluding hydrogens is 210 g/mol. The molecular formula is C11H11NO2S. The van der Waals surface area contributed by atoms with Crippen molar-refractivity contribution < 1.29 is 10.2 Å². The summed E-state index contributed by atoms with van der Waals surface area (Å²) < 4.78 is 0.952. The number of pyridine rings is 1. The molecule has 0 unspecified atom stereocenters. The first-order chi connectivity index (χ1) is 7.09. The van der Waals surface area contributed by atoms with Crippen molar-refractivity contribution in [1.82, 2.24) is 4.98 Å². The second kappa shape index (κ2) is 3.73. The molecule has 4 heteroatoms. The summed E-state index contributed by atoms with van der Waals surface area (Å²) in [6, 6.07) is 3.58. The lowest BCUT2D eigenvalue weighted by Crippen LogP contribution is -1.88. The molecule has 2 heterocycles. The van der Waals surface area contributed by atoms with Gasteiger partial charge in [0.25, 0.3) is 0 Å². The van der Waals surface area contributed by atoms with Crippen molar-refractivity contribution in [3.8, 4) is 0 Å². The van der Waals surface area contributed by atoms with Crippen molar-refractivity contribution >= 4 is 27.1 Å². The smallest absolute Gasteiger partial charge is 0.188 e. The number of rotatable bonds is 2. The van der Waals surface area contributed by atoms with E-state index >= 15 is 0 Å². The Balaban J connectivity index is 2.70. The van der Waals surface area contributed by atoms with Gasteiger partial charge in [-0.15, -0.1) is 11.3 Å². The fraction of sp³-hybridized carbons (Fsp3) is 0.182. The predicted octanol–water partition coefficient (Wildman–Crippen LogP) is 2.31. The Kier molecular flexibility index (Phi) is 2.56. The maximum absolute atomic E-state index is 9.07. The second-order valence-corrected chi connectivity index (χ2v) is 4.46. The van der Waals surface area contributed by atoms with Crippen LogP contribution < -0.4 is 0 Å². The minimum absolute atomic E-state index is 0.506. The summed E-state index contributed by atoms with van der Waals surface area (Å²) in [6.07, 6.45) is 0.272. The van der Waals surface area contributed by atoms with Crippen LogP contribution in [0, 0.1) is 0 Å². The first-order valence-electron chi connectivity index (χ1n) is 4.50. The Bertz CT molecular complexity index is 516. The van der Waals surface area contributed by atoms with Crippen molar-refractivity contribution in [2.75, 3.05) is 0 Å². The summed E-state index contributed by atoms with van der Waals surface area (Å²) >= 11 is 1.34. The molecule has 78 valence electrons. The van der Waals surface area contributed by atoms with Crippen LogP contribution >= 0.6 is 11.3 Å². The lowest BCUT2D eigenvalue weighted by atomic mass is 10.1. The first kappa shape index (κ1) is 10.3. The number of allylic oxidation sites excluding steroid dienone is 1. The average molecular weight is 221 g/mol. The number of hydrogen-bond acceptors (Lipinski definition) is 4. The third kappa shape index (κ3) is 1.79. The standard InChI is InChI=1S/C11H11NO2S/c1-6(2)7-3-4-12-8-5-9(11(13)14)15-10(7)8/h3-5,11,13-14H,1H2,2H3. The van der Waals surface area contributed by atoms with E-state index in [0.717, 1.165) is 21.4 Å². The van der Waals surface area contributed by atoms with Crippen LogP contribution in [0.3, 0.4) is 0 Å². The summed E-state index contributed by atoms with van der Waals surface area (Å²) in [5.41, 5.74) is 2.74. The number of aliphatic hydroxyl groups is 2. The van der Waals surface area contributed by atoms with Crippen LogP contribution in [0.4, 0.5) is 0 Å². The number of hydrogen-bond donors (Lipinski definition) is 2. The van der Waals surface area contributed by atoms with E-state index < -0.39 is 6.29 Å². The fourth-order valence-electron chi connectivity index (χ4n) is 1.42. The Hall–Kier alpha value is -1.23. The van der Waals surface area contributed by atoms with Gasteiger partial charge in [0, 0.05) is 6.20 Å². The predicted molar refractivity (Wildman–Crippen MR) is 61.5 cm³/mol. The van der Waals surface area contributed by atoms with Crippen molar-refractivity contribution in [2.24, 2.45) is 0 Å². The molecule has 15 heavy (non-hydrogen) atoms. The van der Waals surface area contributed by atoms with Gasteiger partial charge < -0.3 is 10.2 Å². The van der Waals surface area contributed by atoms with E-state index in [9.17, 15) is 0 Å². The average Bonchev–Trinajstić information content (AvgIpc) is 2.60. The SMILES string of the molecule is C=C(C)c1ccnc2cc(C(O)O)sc12. The lowest BCUT2D eigenvalue weighted by Gasteiger charge is -1.99. The molecule has 0 bridgehead atoms. The van der Waals surface area contributed by atoms with Gasteiger partial charge in [-0.2, -0.15) is 0 Å². The van der Waals surface area contributed by atoms with Gasteiger partial charge in [0.2, 0.25) is 0 Å².